The summed E-state index contributed by atoms with van der Waals surface area (Å²) >= 11 is 0. The first-order valence-corrected chi connectivity index (χ1v) is 5.39. The highest BCUT2D eigenvalue weighted by atomic mass is 19.2. The minimum absolute atomic E-state index is 0.0939. The van der Waals surface area contributed by atoms with Crippen LogP contribution >= 0.6 is 0 Å². The van der Waals surface area contributed by atoms with Crippen LogP contribution < -0.4 is 10.5 Å². The van der Waals surface area contributed by atoms with Gasteiger partial charge in [0.15, 0.2) is 11.9 Å². The van der Waals surface area contributed by atoms with Crippen LogP contribution in [0.1, 0.15) is 11.9 Å². The highest BCUT2D eigenvalue weighted by Crippen LogP contribution is 2.32. The molecular formula is C12H8F5NO2. The third-order valence-electron chi connectivity index (χ3n) is 2.50. The van der Waals surface area contributed by atoms with Crippen molar-refractivity contribution >= 4 is 0 Å². The van der Waals surface area contributed by atoms with Crippen molar-refractivity contribution in [2.75, 3.05) is 6.54 Å². The fourth-order valence-corrected chi connectivity index (χ4v) is 1.53. The molecule has 0 spiro atoms. The number of hydrogen-bond acceptors (Lipinski definition) is 3. The Balaban J connectivity index is 2.43. The Kier molecular flexibility index (Phi) is 3.93. The van der Waals surface area contributed by atoms with Crippen LogP contribution in [0.3, 0.4) is 0 Å². The Bertz CT molecular complexity index is 586. The van der Waals surface area contributed by atoms with E-state index in [4.69, 9.17) is 14.9 Å². The Morgan fingerprint density at radius 2 is 1.55 bits per heavy atom. The normalized spacial score (nSPS) is 12.5. The molecule has 1 aromatic carbocycles. The largest absolute Gasteiger partial charge is 0.475 e. The zero-order valence-electron chi connectivity index (χ0n) is 9.80. The molecule has 0 fully saturated rings. The molecule has 1 atom stereocenters. The molecule has 0 bridgehead atoms. The summed E-state index contributed by atoms with van der Waals surface area (Å²) in [4.78, 5) is 0. The van der Waals surface area contributed by atoms with Crippen LogP contribution in [0, 0.1) is 29.1 Å². The molecule has 1 unspecified atom stereocenters. The van der Waals surface area contributed by atoms with Gasteiger partial charge >= 0.3 is 0 Å². The summed E-state index contributed by atoms with van der Waals surface area (Å²) in [6.45, 7) is -0.285. The van der Waals surface area contributed by atoms with Crippen molar-refractivity contribution in [1.29, 1.82) is 0 Å². The number of nitrogens with two attached hydrogens (primary N) is 1. The lowest BCUT2D eigenvalue weighted by Crippen LogP contribution is -2.20. The molecule has 108 valence electrons. The number of ether oxygens (including phenoxy) is 1. The van der Waals surface area contributed by atoms with Gasteiger partial charge in [0.05, 0.1) is 6.26 Å². The third kappa shape index (κ3) is 2.34. The smallest absolute Gasteiger partial charge is 0.207 e. The number of halogens is 5. The van der Waals surface area contributed by atoms with Gasteiger partial charge in [-0.1, -0.05) is 0 Å². The van der Waals surface area contributed by atoms with E-state index in [2.05, 4.69) is 0 Å². The Morgan fingerprint density at radius 1 is 1.00 bits per heavy atom. The molecule has 0 aliphatic carbocycles. The molecule has 0 aliphatic heterocycles. The maximum Gasteiger partial charge on any atom is 0.207 e. The lowest BCUT2D eigenvalue weighted by molar-refractivity contribution is 0.161. The van der Waals surface area contributed by atoms with Crippen molar-refractivity contribution in [3.8, 4) is 5.75 Å². The van der Waals surface area contributed by atoms with E-state index in [0.29, 0.717) is 0 Å². The Morgan fingerprint density at radius 3 is 2.00 bits per heavy atom. The standard InChI is InChI=1S/C12H8F5NO2/c13-7-8(14)10(16)12(11(17)9(7)15)20-6(4-18)5-2-1-3-19-5/h1-3,6H,4,18H2. The van der Waals surface area contributed by atoms with Gasteiger partial charge < -0.3 is 14.9 Å². The number of benzene rings is 1. The zero-order valence-corrected chi connectivity index (χ0v) is 9.80. The molecule has 0 saturated carbocycles. The van der Waals surface area contributed by atoms with E-state index in [1.807, 2.05) is 0 Å². The molecule has 2 rings (SSSR count). The van der Waals surface area contributed by atoms with E-state index in [1.54, 1.807) is 0 Å². The molecule has 1 heterocycles. The van der Waals surface area contributed by atoms with Gasteiger partial charge in [-0.3, -0.25) is 0 Å². The topological polar surface area (TPSA) is 48.4 Å². The second-order valence-electron chi connectivity index (χ2n) is 3.76. The van der Waals surface area contributed by atoms with Gasteiger partial charge in [0, 0.05) is 6.54 Å². The molecule has 20 heavy (non-hydrogen) atoms. The molecule has 1 aromatic heterocycles. The molecule has 0 radical (unpaired) electrons. The van der Waals surface area contributed by atoms with Crippen molar-refractivity contribution in [2.45, 2.75) is 6.10 Å². The molecule has 8 heteroatoms. The van der Waals surface area contributed by atoms with Crippen LogP contribution in [0.2, 0.25) is 0 Å². The first kappa shape index (κ1) is 14.3. The molecule has 3 nitrogen and oxygen atoms in total. The van der Waals surface area contributed by atoms with Gasteiger partial charge in [-0.25, -0.2) is 13.2 Å². The Labute approximate surface area is 109 Å². The first-order valence-electron chi connectivity index (χ1n) is 5.39. The quantitative estimate of drug-likeness (QED) is 0.535. The monoisotopic (exact) mass is 293 g/mol. The van der Waals surface area contributed by atoms with E-state index < -0.39 is 40.9 Å². The van der Waals surface area contributed by atoms with Crippen LogP contribution in [0.15, 0.2) is 22.8 Å². The van der Waals surface area contributed by atoms with Crippen LogP contribution in [0.25, 0.3) is 0 Å². The van der Waals surface area contributed by atoms with Crippen molar-refractivity contribution in [3.05, 3.63) is 53.2 Å². The lowest BCUT2D eigenvalue weighted by Gasteiger charge is -2.16. The molecule has 2 N–H and O–H groups in total. The minimum Gasteiger partial charge on any atom is -0.475 e. The van der Waals surface area contributed by atoms with Crippen molar-refractivity contribution < 1.29 is 31.1 Å². The number of furan rings is 1. The Hall–Kier alpha value is -2.09. The lowest BCUT2D eigenvalue weighted by atomic mass is 10.2. The average molecular weight is 293 g/mol. The molecule has 0 aliphatic rings. The second kappa shape index (κ2) is 5.49. The van der Waals surface area contributed by atoms with Crippen LogP contribution in [-0.4, -0.2) is 6.54 Å². The summed E-state index contributed by atoms with van der Waals surface area (Å²) < 4.78 is 75.4. The number of rotatable bonds is 4. The summed E-state index contributed by atoms with van der Waals surface area (Å²) in [6, 6.07) is 2.85. The summed E-state index contributed by atoms with van der Waals surface area (Å²) in [6.07, 6.45) is 0.0677. The van der Waals surface area contributed by atoms with Gasteiger partial charge in [-0.05, 0) is 12.1 Å². The van der Waals surface area contributed by atoms with Crippen molar-refractivity contribution in [2.24, 2.45) is 5.73 Å². The van der Waals surface area contributed by atoms with E-state index in [9.17, 15) is 22.0 Å². The second-order valence-corrected chi connectivity index (χ2v) is 3.76. The predicted octanol–water partition coefficient (Wildman–Crippen LogP) is 3.05. The zero-order chi connectivity index (χ0) is 14.9. The fourth-order valence-electron chi connectivity index (χ4n) is 1.53. The number of hydrogen-bond donors (Lipinski definition) is 1. The maximum absolute atomic E-state index is 13.4. The van der Waals surface area contributed by atoms with Gasteiger partial charge in [-0.15, -0.1) is 0 Å². The van der Waals surface area contributed by atoms with E-state index in [1.165, 1.54) is 18.4 Å². The summed E-state index contributed by atoms with van der Waals surface area (Å²) in [7, 11) is 0. The van der Waals surface area contributed by atoms with Gasteiger partial charge in [0.2, 0.25) is 29.1 Å². The maximum atomic E-state index is 13.4. The third-order valence-corrected chi connectivity index (χ3v) is 2.50. The summed E-state index contributed by atoms with van der Waals surface area (Å²) in [5, 5.41) is 0. The minimum atomic E-state index is -2.25. The van der Waals surface area contributed by atoms with Gasteiger partial charge in [0.25, 0.3) is 0 Å². The van der Waals surface area contributed by atoms with Gasteiger partial charge in [0.1, 0.15) is 5.76 Å². The predicted molar refractivity (Wildman–Crippen MR) is 57.4 cm³/mol. The first-order chi connectivity index (χ1) is 9.47. The highest BCUT2D eigenvalue weighted by molar-refractivity contribution is 5.30. The molecule has 2 aromatic rings. The van der Waals surface area contributed by atoms with Crippen LogP contribution in [-0.2, 0) is 0 Å². The van der Waals surface area contributed by atoms with E-state index in [-0.39, 0.29) is 12.3 Å². The van der Waals surface area contributed by atoms with Crippen LogP contribution in [0.5, 0.6) is 5.75 Å². The SMILES string of the molecule is NCC(Oc1c(F)c(F)c(F)c(F)c1F)c1ccco1. The molecular weight excluding hydrogens is 285 g/mol. The molecule has 0 saturated heterocycles. The van der Waals surface area contributed by atoms with Crippen molar-refractivity contribution in [1.82, 2.24) is 0 Å². The fraction of sp³-hybridized carbons (Fsp3) is 0.167. The van der Waals surface area contributed by atoms with E-state index >= 15 is 0 Å². The highest BCUT2D eigenvalue weighted by Gasteiger charge is 2.29. The van der Waals surface area contributed by atoms with E-state index in [0.717, 1.165) is 0 Å². The summed E-state index contributed by atoms with van der Waals surface area (Å²) in [5.74, 6) is -11.9. The average Bonchev–Trinajstić information content (AvgIpc) is 2.97. The van der Waals surface area contributed by atoms with Crippen molar-refractivity contribution in [3.63, 3.8) is 0 Å². The van der Waals surface area contributed by atoms with Crippen LogP contribution in [0.4, 0.5) is 22.0 Å². The molecule has 0 amide bonds. The van der Waals surface area contributed by atoms with Gasteiger partial charge in [-0.2, -0.15) is 8.78 Å². The summed E-state index contributed by atoms with van der Waals surface area (Å²) in [5.41, 5.74) is 5.33.